The monoisotopic (exact) mass is 263 g/mol. The smallest absolute Gasteiger partial charge is 0.0644 e. The third-order valence-electron chi connectivity index (χ3n) is 5.17. The van der Waals surface area contributed by atoms with Crippen molar-refractivity contribution in [2.75, 3.05) is 0 Å². The average molecular weight is 263 g/mol. The van der Waals surface area contributed by atoms with Gasteiger partial charge in [0, 0.05) is 30.4 Å². The van der Waals surface area contributed by atoms with Gasteiger partial charge in [-0.15, -0.1) is 0 Å². The lowest BCUT2D eigenvalue weighted by molar-refractivity contribution is 0.196. The molecule has 0 aromatic carbocycles. The van der Waals surface area contributed by atoms with E-state index in [1.54, 1.807) is 0 Å². The van der Waals surface area contributed by atoms with Gasteiger partial charge in [0.2, 0.25) is 0 Å². The number of hydrogen-bond acceptors (Lipinski definition) is 2. The molecule has 3 nitrogen and oxygen atoms in total. The molecule has 0 bridgehead atoms. The van der Waals surface area contributed by atoms with E-state index in [1.807, 2.05) is 11.7 Å². The molecule has 1 aliphatic carbocycles. The van der Waals surface area contributed by atoms with E-state index in [4.69, 9.17) is 0 Å². The summed E-state index contributed by atoms with van der Waals surface area (Å²) >= 11 is 0. The van der Waals surface area contributed by atoms with Gasteiger partial charge in [-0.05, 0) is 39.0 Å². The van der Waals surface area contributed by atoms with Gasteiger partial charge in [0.25, 0.3) is 0 Å². The summed E-state index contributed by atoms with van der Waals surface area (Å²) in [6.07, 6.45) is 4.06. The minimum absolute atomic E-state index is 0.395. The van der Waals surface area contributed by atoms with E-state index in [0.717, 1.165) is 17.5 Å². The maximum atomic E-state index is 4.54. The van der Waals surface area contributed by atoms with E-state index in [0.29, 0.717) is 12.1 Å². The molecular formula is C16H29N3. The second kappa shape index (κ2) is 5.66. The zero-order chi connectivity index (χ0) is 14.2. The minimum Gasteiger partial charge on any atom is -0.307 e. The first-order valence-corrected chi connectivity index (χ1v) is 7.68. The lowest BCUT2D eigenvalue weighted by Gasteiger charge is -2.36. The maximum Gasteiger partial charge on any atom is 0.0644 e. The Morgan fingerprint density at radius 2 is 1.95 bits per heavy atom. The van der Waals surface area contributed by atoms with Crippen LogP contribution in [0.25, 0.3) is 0 Å². The molecule has 4 atom stereocenters. The topological polar surface area (TPSA) is 29.9 Å². The van der Waals surface area contributed by atoms with Crippen molar-refractivity contribution < 1.29 is 0 Å². The molecule has 2 rings (SSSR count). The number of nitrogens with one attached hydrogen (secondary N) is 1. The molecule has 1 N–H and O–H groups in total. The summed E-state index contributed by atoms with van der Waals surface area (Å²) in [6.45, 7) is 11.4. The predicted molar refractivity (Wildman–Crippen MR) is 80.2 cm³/mol. The average Bonchev–Trinajstić information content (AvgIpc) is 2.59. The Kier molecular flexibility index (Phi) is 4.34. The van der Waals surface area contributed by atoms with Gasteiger partial charge in [-0.25, -0.2) is 0 Å². The van der Waals surface area contributed by atoms with Crippen LogP contribution < -0.4 is 5.32 Å². The Hall–Kier alpha value is -0.830. The largest absolute Gasteiger partial charge is 0.307 e. The molecule has 1 fully saturated rings. The Balaban J connectivity index is 2.10. The molecule has 19 heavy (non-hydrogen) atoms. The number of rotatable bonds is 3. The van der Waals surface area contributed by atoms with Gasteiger partial charge in [0.05, 0.1) is 5.69 Å². The Labute approximate surface area is 117 Å². The van der Waals surface area contributed by atoms with E-state index >= 15 is 0 Å². The van der Waals surface area contributed by atoms with Crippen molar-refractivity contribution in [2.45, 2.75) is 66.0 Å². The lowest BCUT2D eigenvalue weighted by atomic mass is 9.77. The minimum atomic E-state index is 0.395. The Morgan fingerprint density at radius 1 is 1.26 bits per heavy atom. The number of hydrogen-bond donors (Lipinski definition) is 1. The summed E-state index contributed by atoms with van der Waals surface area (Å²) in [7, 11) is 2.03. The first-order chi connectivity index (χ1) is 8.91. The molecule has 108 valence electrons. The van der Waals surface area contributed by atoms with Gasteiger partial charge < -0.3 is 5.32 Å². The van der Waals surface area contributed by atoms with Crippen LogP contribution in [0.15, 0.2) is 0 Å². The highest BCUT2D eigenvalue weighted by Crippen LogP contribution is 2.31. The van der Waals surface area contributed by atoms with Crippen LogP contribution in [0.2, 0.25) is 0 Å². The van der Waals surface area contributed by atoms with Gasteiger partial charge in [-0.2, -0.15) is 5.10 Å². The summed E-state index contributed by atoms with van der Waals surface area (Å²) in [5.41, 5.74) is 3.83. The molecule has 1 aromatic rings. The number of nitrogens with zero attached hydrogens (tertiary/aromatic N) is 2. The van der Waals surface area contributed by atoms with Crippen molar-refractivity contribution in [3.05, 3.63) is 17.0 Å². The molecule has 0 radical (unpaired) electrons. The molecule has 1 heterocycles. The van der Waals surface area contributed by atoms with Crippen molar-refractivity contribution in [3.63, 3.8) is 0 Å². The standard InChI is InChI=1S/C16H29N3/c1-10-8-7-9-15(11(10)2)17-12(3)16-13(4)18-19(6)14(16)5/h10-12,15,17H,7-9H2,1-6H3. The van der Waals surface area contributed by atoms with Crippen molar-refractivity contribution >= 4 is 0 Å². The van der Waals surface area contributed by atoms with Crippen LogP contribution in [-0.4, -0.2) is 15.8 Å². The van der Waals surface area contributed by atoms with Crippen molar-refractivity contribution in [1.29, 1.82) is 0 Å². The van der Waals surface area contributed by atoms with Crippen LogP contribution >= 0.6 is 0 Å². The molecular weight excluding hydrogens is 234 g/mol. The van der Waals surface area contributed by atoms with Gasteiger partial charge in [0.1, 0.15) is 0 Å². The van der Waals surface area contributed by atoms with Crippen LogP contribution in [0, 0.1) is 25.7 Å². The summed E-state index contributed by atoms with van der Waals surface area (Å²) in [6, 6.07) is 1.05. The van der Waals surface area contributed by atoms with Gasteiger partial charge in [-0.3, -0.25) is 4.68 Å². The molecule has 1 saturated carbocycles. The summed E-state index contributed by atoms with van der Waals surface area (Å²) in [5.74, 6) is 1.61. The second-order valence-electron chi connectivity index (χ2n) is 6.47. The summed E-state index contributed by atoms with van der Waals surface area (Å²) < 4.78 is 2.00. The van der Waals surface area contributed by atoms with Crippen molar-refractivity contribution in [2.24, 2.45) is 18.9 Å². The first-order valence-electron chi connectivity index (χ1n) is 7.68. The highest BCUT2D eigenvalue weighted by atomic mass is 15.3. The van der Waals surface area contributed by atoms with E-state index in [2.05, 4.69) is 45.0 Å². The third-order valence-corrected chi connectivity index (χ3v) is 5.17. The molecule has 0 saturated heterocycles. The van der Waals surface area contributed by atoms with E-state index < -0.39 is 0 Å². The van der Waals surface area contributed by atoms with Crippen LogP contribution in [0.5, 0.6) is 0 Å². The van der Waals surface area contributed by atoms with Gasteiger partial charge in [0.15, 0.2) is 0 Å². The summed E-state index contributed by atoms with van der Waals surface area (Å²) in [5, 5.41) is 8.39. The van der Waals surface area contributed by atoms with Crippen molar-refractivity contribution in [3.8, 4) is 0 Å². The van der Waals surface area contributed by atoms with Gasteiger partial charge in [-0.1, -0.05) is 26.7 Å². The quantitative estimate of drug-likeness (QED) is 0.904. The van der Waals surface area contributed by atoms with E-state index in [-0.39, 0.29) is 0 Å². The highest BCUT2D eigenvalue weighted by molar-refractivity contribution is 5.27. The normalized spacial score (nSPS) is 29.5. The molecule has 0 spiro atoms. The third kappa shape index (κ3) is 2.86. The Morgan fingerprint density at radius 3 is 2.53 bits per heavy atom. The molecule has 1 aromatic heterocycles. The van der Waals surface area contributed by atoms with E-state index in [9.17, 15) is 0 Å². The molecule has 3 heteroatoms. The predicted octanol–water partition coefficient (Wildman–Crippen LogP) is 3.51. The van der Waals surface area contributed by atoms with Crippen LogP contribution in [0.3, 0.4) is 0 Å². The lowest BCUT2D eigenvalue weighted by Crippen LogP contribution is -2.41. The maximum absolute atomic E-state index is 4.54. The van der Waals surface area contributed by atoms with Crippen LogP contribution in [-0.2, 0) is 7.05 Å². The second-order valence-corrected chi connectivity index (χ2v) is 6.47. The molecule has 0 aliphatic heterocycles. The number of aryl methyl sites for hydroxylation is 2. The van der Waals surface area contributed by atoms with Gasteiger partial charge >= 0.3 is 0 Å². The van der Waals surface area contributed by atoms with E-state index in [1.165, 1.54) is 30.5 Å². The fourth-order valence-corrected chi connectivity index (χ4v) is 3.64. The molecule has 1 aliphatic rings. The Bertz CT molecular complexity index is 435. The summed E-state index contributed by atoms with van der Waals surface area (Å²) in [4.78, 5) is 0. The van der Waals surface area contributed by atoms with Crippen LogP contribution in [0.4, 0.5) is 0 Å². The SMILES string of the molecule is Cc1nn(C)c(C)c1C(C)NC1CCCC(C)C1C. The van der Waals surface area contributed by atoms with Crippen molar-refractivity contribution in [1.82, 2.24) is 15.1 Å². The molecule has 0 amide bonds. The highest BCUT2D eigenvalue weighted by Gasteiger charge is 2.29. The zero-order valence-corrected chi connectivity index (χ0v) is 13.3. The fourth-order valence-electron chi connectivity index (χ4n) is 3.64. The first kappa shape index (κ1) is 14.6. The number of aromatic nitrogens is 2. The van der Waals surface area contributed by atoms with Crippen LogP contribution in [0.1, 0.15) is 63.0 Å². The fraction of sp³-hybridized carbons (Fsp3) is 0.812. The molecule has 4 unspecified atom stereocenters. The zero-order valence-electron chi connectivity index (χ0n) is 13.3.